The molecule has 16 heavy (non-hydrogen) atoms. The van der Waals surface area contributed by atoms with Crippen LogP contribution in [0.2, 0.25) is 0 Å². The summed E-state index contributed by atoms with van der Waals surface area (Å²) in [6, 6.07) is 1.11. The molecule has 0 bridgehead atoms. The Morgan fingerprint density at radius 3 is 2.69 bits per heavy atom. The first-order valence-corrected chi connectivity index (χ1v) is 7.30. The summed E-state index contributed by atoms with van der Waals surface area (Å²) in [5, 5.41) is 3.73. The highest BCUT2D eigenvalue weighted by Gasteiger charge is 2.13. The van der Waals surface area contributed by atoms with E-state index >= 15 is 0 Å². The van der Waals surface area contributed by atoms with Crippen LogP contribution in [-0.2, 0) is 0 Å². The van der Waals surface area contributed by atoms with E-state index < -0.39 is 0 Å². The van der Waals surface area contributed by atoms with E-state index in [0.717, 1.165) is 0 Å². The predicted molar refractivity (Wildman–Crippen MR) is 71.9 cm³/mol. The van der Waals surface area contributed by atoms with Gasteiger partial charge in [0.05, 0.1) is 5.51 Å². The number of unbranched alkanes of at least 4 members (excludes halogenated alkanes) is 1. The Bertz CT molecular complexity index is 259. The van der Waals surface area contributed by atoms with E-state index in [2.05, 4.69) is 31.1 Å². The lowest BCUT2D eigenvalue weighted by molar-refractivity contribution is 0.398. The zero-order valence-corrected chi connectivity index (χ0v) is 11.5. The van der Waals surface area contributed by atoms with Gasteiger partial charge < -0.3 is 5.32 Å². The van der Waals surface area contributed by atoms with E-state index in [1.807, 2.05) is 11.7 Å². The Hall–Kier alpha value is -0.410. The minimum atomic E-state index is 0.445. The van der Waals surface area contributed by atoms with Crippen LogP contribution in [0.3, 0.4) is 0 Å². The highest BCUT2D eigenvalue weighted by molar-refractivity contribution is 7.09. The van der Waals surface area contributed by atoms with Gasteiger partial charge in [-0.15, -0.1) is 11.3 Å². The van der Waals surface area contributed by atoms with Gasteiger partial charge in [0.25, 0.3) is 0 Å². The van der Waals surface area contributed by atoms with Crippen molar-refractivity contribution in [2.24, 2.45) is 0 Å². The molecule has 0 saturated heterocycles. The molecule has 0 amide bonds. The first-order chi connectivity index (χ1) is 7.77. The third kappa shape index (κ3) is 4.62. The Kier molecular flexibility index (Phi) is 6.65. The van der Waals surface area contributed by atoms with Gasteiger partial charge in [-0.3, -0.25) is 4.98 Å². The number of hydrogen-bond acceptors (Lipinski definition) is 3. The molecule has 0 fully saturated rings. The molecule has 2 unspecified atom stereocenters. The second-order valence-corrected chi connectivity index (χ2v) is 5.34. The molecular formula is C13H24N2S. The molecule has 1 N–H and O–H groups in total. The van der Waals surface area contributed by atoms with Crippen molar-refractivity contribution in [3.8, 4) is 0 Å². The number of nitrogens with one attached hydrogen (secondary N) is 1. The monoisotopic (exact) mass is 240 g/mol. The standard InChI is InChI=1S/C13H24N2S/c1-4-6-8-12(7-5-2)15-11(3)13-9-14-10-16-13/h9-12,15H,4-8H2,1-3H3. The third-order valence-electron chi connectivity index (χ3n) is 2.91. The number of aromatic nitrogens is 1. The Labute approximate surface area is 103 Å². The fourth-order valence-corrected chi connectivity index (χ4v) is 2.62. The molecule has 0 aliphatic rings. The zero-order chi connectivity index (χ0) is 11.8. The van der Waals surface area contributed by atoms with Crippen LogP contribution in [0.25, 0.3) is 0 Å². The summed E-state index contributed by atoms with van der Waals surface area (Å²) in [5.74, 6) is 0. The van der Waals surface area contributed by atoms with Crippen LogP contribution in [0.1, 0.15) is 63.8 Å². The number of nitrogens with zero attached hydrogens (tertiary/aromatic N) is 1. The zero-order valence-electron chi connectivity index (χ0n) is 10.7. The molecule has 1 aromatic heterocycles. The molecule has 1 rings (SSSR count). The van der Waals surface area contributed by atoms with Crippen LogP contribution in [0.5, 0.6) is 0 Å². The Morgan fingerprint density at radius 2 is 2.12 bits per heavy atom. The van der Waals surface area contributed by atoms with Crippen LogP contribution in [0.15, 0.2) is 11.7 Å². The smallest absolute Gasteiger partial charge is 0.0794 e. The molecule has 1 heterocycles. The summed E-state index contributed by atoms with van der Waals surface area (Å²) in [5.41, 5.74) is 1.91. The van der Waals surface area contributed by atoms with Gasteiger partial charge in [-0.05, 0) is 19.8 Å². The second-order valence-electron chi connectivity index (χ2n) is 4.42. The summed E-state index contributed by atoms with van der Waals surface area (Å²) in [4.78, 5) is 5.48. The SMILES string of the molecule is CCCCC(CCC)NC(C)c1cncs1. The van der Waals surface area contributed by atoms with Crippen molar-refractivity contribution < 1.29 is 0 Å². The molecular weight excluding hydrogens is 216 g/mol. The average molecular weight is 240 g/mol. The quantitative estimate of drug-likeness (QED) is 0.738. The molecule has 2 nitrogen and oxygen atoms in total. The molecule has 0 aliphatic heterocycles. The number of rotatable bonds is 8. The van der Waals surface area contributed by atoms with Crippen molar-refractivity contribution >= 4 is 11.3 Å². The summed E-state index contributed by atoms with van der Waals surface area (Å²) in [6.45, 7) is 6.76. The minimum Gasteiger partial charge on any atom is -0.307 e. The van der Waals surface area contributed by atoms with Crippen molar-refractivity contribution in [2.45, 2.75) is 65.0 Å². The van der Waals surface area contributed by atoms with E-state index in [0.29, 0.717) is 12.1 Å². The van der Waals surface area contributed by atoms with Gasteiger partial charge >= 0.3 is 0 Å². The maximum atomic E-state index is 4.14. The Morgan fingerprint density at radius 1 is 1.31 bits per heavy atom. The number of hydrogen-bond donors (Lipinski definition) is 1. The summed E-state index contributed by atoms with van der Waals surface area (Å²) >= 11 is 1.74. The van der Waals surface area contributed by atoms with Gasteiger partial charge in [-0.1, -0.05) is 33.1 Å². The maximum Gasteiger partial charge on any atom is 0.0794 e. The first-order valence-electron chi connectivity index (χ1n) is 6.42. The van der Waals surface area contributed by atoms with Crippen molar-refractivity contribution in [1.82, 2.24) is 10.3 Å². The molecule has 0 saturated carbocycles. The predicted octanol–water partition coefficient (Wildman–Crippen LogP) is 4.15. The van der Waals surface area contributed by atoms with Gasteiger partial charge in [0, 0.05) is 23.2 Å². The first kappa shape index (κ1) is 13.7. The highest BCUT2D eigenvalue weighted by Crippen LogP contribution is 2.19. The van der Waals surface area contributed by atoms with Gasteiger partial charge in [0.1, 0.15) is 0 Å². The lowest BCUT2D eigenvalue weighted by atomic mass is 10.0. The van der Waals surface area contributed by atoms with E-state index in [9.17, 15) is 0 Å². The van der Waals surface area contributed by atoms with Crippen molar-refractivity contribution in [3.05, 3.63) is 16.6 Å². The van der Waals surface area contributed by atoms with Gasteiger partial charge in [-0.2, -0.15) is 0 Å². The molecule has 0 aliphatic carbocycles. The van der Waals surface area contributed by atoms with Gasteiger partial charge in [0.2, 0.25) is 0 Å². The Balaban J connectivity index is 2.40. The molecule has 1 aromatic rings. The third-order valence-corrected chi connectivity index (χ3v) is 3.87. The fraction of sp³-hybridized carbons (Fsp3) is 0.769. The van der Waals surface area contributed by atoms with Gasteiger partial charge in [-0.25, -0.2) is 0 Å². The average Bonchev–Trinajstić information content (AvgIpc) is 2.79. The molecule has 92 valence electrons. The summed E-state index contributed by atoms with van der Waals surface area (Å²) < 4.78 is 0. The van der Waals surface area contributed by atoms with Crippen LogP contribution < -0.4 is 5.32 Å². The van der Waals surface area contributed by atoms with Crippen molar-refractivity contribution in [1.29, 1.82) is 0 Å². The van der Waals surface area contributed by atoms with E-state index in [1.165, 1.54) is 37.0 Å². The topological polar surface area (TPSA) is 24.9 Å². The van der Waals surface area contributed by atoms with E-state index in [4.69, 9.17) is 0 Å². The van der Waals surface area contributed by atoms with Crippen molar-refractivity contribution in [2.75, 3.05) is 0 Å². The molecule has 3 heteroatoms. The van der Waals surface area contributed by atoms with Crippen LogP contribution in [0, 0.1) is 0 Å². The van der Waals surface area contributed by atoms with Crippen LogP contribution in [0.4, 0.5) is 0 Å². The molecule has 0 aromatic carbocycles. The van der Waals surface area contributed by atoms with Crippen LogP contribution >= 0.6 is 11.3 Å². The molecule has 2 atom stereocenters. The lowest BCUT2D eigenvalue weighted by Crippen LogP contribution is -2.31. The van der Waals surface area contributed by atoms with E-state index in [-0.39, 0.29) is 0 Å². The summed E-state index contributed by atoms with van der Waals surface area (Å²) in [6.07, 6.45) is 8.43. The molecule has 0 radical (unpaired) electrons. The molecule has 0 spiro atoms. The number of thiazole rings is 1. The maximum absolute atomic E-state index is 4.14. The van der Waals surface area contributed by atoms with E-state index in [1.54, 1.807) is 11.3 Å². The minimum absolute atomic E-state index is 0.445. The second kappa shape index (κ2) is 7.80. The normalized spacial score (nSPS) is 14.9. The fourth-order valence-electron chi connectivity index (χ4n) is 1.99. The van der Waals surface area contributed by atoms with Crippen molar-refractivity contribution in [3.63, 3.8) is 0 Å². The van der Waals surface area contributed by atoms with Gasteiger partial charge in [0.15, 0.2) is 0 Å². The summed E-state index contributed by atoms with van der Waals surface area (Å²) in [7, 11) is 0. The highest BCUT2D eigenvalue weighted by atomic mass is 32.1. The van der Waals surface area contributed by atoms with Crippen LogP contribution in [-0.4, -0.2) is 11.0 Å². The largest absolute Gasteiger partial charge is 0.307 e. The lowest BCUT2D eigenvalue weighted by Gasteiger charge is -2.22.